The summed E-state index contributed by atoms with van der Waals surface area (Å²) in [7, 11) is 0. The summed E-state index contributed by atoms with van der Waals surface area (Å²) >= 11 is 19.3. The van der Waals surface area contributed by atoms with Crippen molar-refractivity contribution in [1.29, 1.82) is 0 Å². The molecule has 2 aromatic rings. The molecule has 0 spiro atoms. The van der Waals surface area contributed by atoms with Gasteiger partial charge >= 0.3 is 0 Å². The maximum Gasteiger partial charge on any atom is 0.147 e. The van der Waals surface area contributed by atoms with Gasteiger partial charge in [-0.25, -0.2) is 0 Å². The van der Waals surface area contributed by atoms with Crippen LogP contribution in [-0.2, 0) is 13.0 Å². The fourth-order valence-corrected chi connectivity index (χ4v) is 4.25. The van der Waals surface area contributed by atoms with Crippen molar-refractivity contribution in [2.75, 3.05) is 13.2 Å². The van der Waals surface area contributed by atoms with Crippen molar-refractivity contribution in [1.82, 2.24) is 5.32 Å². The summed E-state index contributed by atoms with van der Waals surface area (Å²) in [5.41, 5.74) is 2.28. The summed E-state index contributed by atoms with van der Waals surface area (Å²) in [5, 5.41) is 4.81. The van der Waals surface area contributed by atoms with Gasteiger partial charge in [0.2, 0.25) is 0 Å². The Morgan fingerprint density at radius 2 is 1.79 bits per heavy atom. The minimum atomic E-state index is 0.664. The number of hydrogen-bond acceptors (Lipinski definition) is 2. The van der Waals surface area contributed by atoms with Gasteiger partial charge < -0.3 is 10.1 Å². The summed E-state index contributed by atoms with van der Waals surface area (Å²) < 4.78 is 7.66. The van der Waals surface area contributed by atoms with Crippen molar-refractivity contribution in [3.05, 3.63) is 60.4 Å². The Balaban J connectivity index is 1.88. The number of halogens is 4. The highest BCUT2D eigenvalue weighted by Crippen LogP contribution is 2.34. The highest BCUT2D eigenvalue weighted by molar-refractivity contribution is 9.11. The first-order valence-corrected chi connectivity index (χ1v) is 10.1. The minimum absolute atomic E-state index is 0.664. The van der Waals surface area contributed by atoms with Crippen LogP contribution in [0, 0.1) is 0 Å². The van der Waals surface area contributed by atoms with Crippen LogP contribution in [0.5, 0.6) is 5.75 Å². The number of ether oxygens (including phenoxy) is 1. The lowest BCUT2D eigenvalue weighted by Gasteiger charge is -2.12. The van der Waals surface area contributed by atoms with Gasteiger partial charge in [0.05, 0.1) is 15.6 Å². The van der Waals surface area contributed by atoms with Crippen molar-refractivity contribution < 1.29 is 4.74 Å². The third kappa shape index (κ3) is 5.92. The highest BCUT2D eigenvalue weighted by atomic mass is 79.9. The minimum Gasteiger partial charge on any atom is -0.491 e. The van der Waals surface area contributed by atoms with E-state index in [-0.39, 0.29) is 0 Å². The van der Waals surface area contributed by atoms with Crippen LogP contribution in [0.15, 0.2) is 39.3 Å². The van der Waals surface area contributed by atoms with E-state index < -0.39 is 0 Å². The Morgan fingerprint density at radius 3 is 2.42 bits per heavy atom. The molecule has 0 atom stereocenters. The summed E-state index contributed by atoms with van der Waals surface area (Å²) in [5.74, 6) is 0.855. The molecule has 0 unspecified atom stereocenters. The molecule has 24 heavy (non-hydrogen) atoms. The molecule has 2 rings (SSSR count). The molecular weight excluding hydrogens is 477 g/mol. The lowest BCUT2D eigenvalue weighted by Crippen LogP contribution is -2.17. The second-order valence-electron chi connectivity index (χ2n) is 5.40. The maximum absolute atomic E-state index is 6.19. The Hall–Kier alpha value is -0.260. The van der Waals surface area contributed by atoms with Crippen LogP contribution in [0.4, 0.5) is 0 Å². The Bertz CT molecular complexity index is 672. The van der Waals surface area contributed by atoms with Crippen LogP contribution in [0.1, 0.15) is 24.5 Å². The maximum atomic E-state index is 6.19. The number of hydrogen-bond donors (Lipinski definition) is 1. The van der Waals surface area contributed by atoms with E-state index >= 15 is 0 Å². The monoisotopic (exact) mass is 493 g/mol. The Kier molecular flexibility index (Phi) is 8.38. The van der Waals surface area contributed by atoms with Crippen LogP contribution in [-0.4, -0.2) is 13.2 Å². The normalized spacial score (nSPS) is 10.9. The molecule has 130 valence electrons. The standard InChI is InChI=1S/C18H19Br2Cl2NO/c1-2-7-24-18-15(19)8-12(9-16(18)20)11-23-6-5-13-3-4-14(21)10-17(13)22/h3-4,8-10,23H,2,5-7,11H2,1H3. The van der Waals surface area contributed by atoms with E-state index in [9.17, 15) is 0 Å². The zero-order chi connectivity index (χ0) is 17.5. The zero-order valence-electron chi connectivity index (χ0n) is 13.3. The van der Waals surface area contributed by atoms with Crippen molar-refractivity contribution in [2.45, 2.75) is 26.3 Å². The van der Waals surface area contributed by atoms with Crippen LogP contribution >= 0.6 is 55.1 Å². The van der Waals surface area contributed by atoms with E-state index in [4.69, 9.17) is 27.9 Å². The van der Waals surface area contributed by atoms with Gasteiger partial charge in [0.15, 0.2) is 0 Å². The molecule has 2 nitrogen and oxygen atoms in total. The van der Waals surface area contributed by atoms with Crippen LogP contribution in [0.3, 0.4) is 0 Å². The van der Waals surface area contributed by atoms with Crippen molar-refractivity contribution >= 4 is 55.1 Å². The molecule has 0 saturated heterocycles. The van der Waals surface area contributed by atoms with E-state index in [1.165, 1.54) is 5.56 Å². The Labute approximate surface area is 170 Å². The first kappa shape index (κ1) is 20.1. The lowest BCUT2D eigenvalue weighted by molar-refractivity contribution is 0.313. The molecule has 1 N–H and O–H groups in total. The van der Waals surface area contributed by atoms with Crippen LogP contribution < -0.4 is 10.1 Å². The molecule has 0 heterocycles. The second kappa shape index (κ2) is 10.0. The summed E-state index contributed by atoms with van der Waals surface area (Å²) in [6.07, 6.45) is 1.84. The first-order chi connectivity index (χ1) is 11.5. The van der Waals surface area contributed by atoms with Gasteiger partial charge in [0, 0.05) is 16.6 Å². The molecule has 0 saturated carbocycles. The van der Waals surface area contributed by atoms with Crippen LogP contribution in [0.25, 0.3) is 0 Å². The highest BCUT2D eigenvalue weighted by Gasteiger charge is 2.09. The van der Waals surface area contributed by atoms with E-state index in [1.54, 1.807) is 6.07 Å². The molecule has 0 aromatic heterocycles. The third-order valence-corrected chi connectivity index (χ3v) is 5.19. The predicted molar refractivity (Wildman–Crippen MR) is 110 cm³/mol. The van der Waals surface area contributed by atoms with E-state index in [0.717, 1.165) is 46.2 Å². The average molecular weight is 496 g/mol. The van der Waals surface area contributed by atoms with Gasteiger partial charge in [-0.15, -0.1) is 0 Å². The largest absolute Gasteiger partial charge is 0.491 e. The SMILES string of the molecule is CCCOc1c(Br)cc(CNCCc2ccc(Cl)cc2Cl)cc1Br. The smallest absolute Gasteiger partial charge is 0.147 e. The summed E-state index contributed by atoms with van der Waals surface area (Å²) in [6, 6.07) is 9.78. The number of rotatable bonds is 8. The van der Waals surface area contributed by atoms with Crippen molar-refractivity contribution in [2.24, 2.45) is 0 Å². The van der Waals surface area contributed by atoms with Crippen molar-refractivity contribution in [3.8, 4) is 5.75 Å². The van der Waals surface area contributed by atoms with E-state index in [1.807, 2.05) is 12.1 Å². The number of nitrogens with one attached hydrogen (secondary N) is 1. The first-order valence-electron chi connectivity index (χ1n) is 7.76. The summed E-state index contributed by atoms with van der Waals surface area (Å²) in [6.45, 7) is 4.41. The summed E-state index contributed by atoms with van der Waals surface area (Å²) in [4.78, 5) is 0. The fraction of sp³-hybridized carbons (Fsp3) is 0.333. The fourth-order valence-electron chi connectivity index (χ4n) is 2.24. The molecular formula is C18H19Br2Cl2NO. The molecule has 0 aliphatic heterocycles. The van der Waals surface area contributed by atoms with Crippen molar-refractivity contribution in [3.63, 3.8) is 0 Å². The van der Waals surface area contributed by atoms with E-state index in [0.29, 0.717) is 16.7 Å². The topological polar surface area (TPSA) is 21.3 Å². The number of benzene rings is 2. The lowest BCUT2D eigenvalue weighted by atomic mass is 10.1. The molecule has 6 heteroatoms. The Morgan fingerprint density at radius 1 is 1.08 bits per heavy atom. The van der Waals surface area contributed by atoms with Gasteiger partial charge in [0.25, 0.3) is 0 Å². The molecule has 0 amide bonds. The molecule has 0 aliphatic carbocycles. The second-order valence-corrected chi connectivity index (χ2v) is 7.95. The van der Waals surface area contributed by atoms with Gasteiger partial charge in [-0.05, 0) is 86.6 Å². The molecule has 0 fully saturated rings. The van der Waals surface area contributed by atoms with Gasteiger partial charge in [0.1, 0.15) is 5.75 Å². The van der Waals surface area contributed by atoms with Gasteiger partial charge in [-0.3, -0.25) is 0 Å². The van der Waals surface area contributed by atoms with Crippen LogP contribution in [0.2, 0.25) is 10.0 Å². The van der Waals surface area contributed by atoms with E-state index in [2.05, 4.69) is 56.2 Å². The molecule has 0 aliphatic rings. The third-order valence-electron chi connectivity index (χ3n) is 3.42. The molecule has 2 aromatic carbocycles. The average Bonchev–Trinajstić information content (AvgIpc) is 2.52. The predicted octanol–water partition coefficient (Wildman–Crippen LogP) is 6.64. The zero-order valence-corrected chi connectivity index (χ0v) is 18.0. The van der Waals surface area contributed by atoms with Gasteiger partial charge in [-0.2, -0.15) is 0 Å². The molecule has 0 radical (unpaired) electrons. The quantitative estimate of drug-likeness (QED) is 0.414. The molecule has 0 bridgehead atoms. The van der Waals surface area contributed by atoms with Gasteiger partial charge in [-0.1, -0.05) is 36.2 Å².